The number of ether oxygens (including phenoxy) is 2. The van der Waals surface area contributed by atoms with Gasteiger partial charge in [-0.2, -0.15) is 0 Å². The third-order valence-electron chi connectivity index (χ3n) is 2.93. The highest BCUT2D eigenvalue weighted by atomic mass is 35.5. The fourth-order valence-electron chi connectivity index (χ4n) is 2.16. The largest absolute Gasteiger partial charge is 0.378 e. The molecule has 0 N–H and O–H groups in total. The Hall–Kier alpha value is -0.640. The monoisotopic (exact) mass is 211 g/mol. The van der Waals surface area contributed by atoms with Gasteiger partial charge >= 0.3 is 0 Å². The van der Waals surface area contributed by atoms with Crippen LogP contribution in [-0.4, -0.2) is 18.2 Å². The Bertz CT molecular complexity index is 374. The Kier molecular flexibility index (Phi) is 1.81. The van der Waals surface area contributed by atoms with Crippen molar-refractivity contribution in [1.82, 2.24) is 4.98 Å². The summed E-state index contributed by atoms with van der Waals surface area (Å²) in [6, 6.07) is 1.90. The molecule has 0 aliphatic carbocycles. The molecule has 3 heterocycles. The van der Waals surface area contributed by atoms with E-state index in [1.807, 2.05) is 6.07 Å². The summed E-state index contributed by atoms with van der Waals surface area (Å²) >= 11 is 5.88. The molecule has 0 bridgehead atoms. The van der Waals surface area contributed by atoms with E-state index in [4.69, 9.17) is 21.1 Å². The molecule has 3 nitrogen and oxygen atoms in total. The van der Waals surface area contributed by atoms with Crippen LogP contribution < -0.4 is 0 Å². The van der Waals surface area contributed by atoms with Gasteiger partial charge in [0.05, 0.1) is 13.2 Å². The van der Waals surface area contributed by atoms with Crippen molar-refractivity contribution in [2.24, 2.45) is 0 Å². The zero-order valence-electron chi connectivity index (χ0n) is 7.62. The number of halogens is 1. The van der Waals surface area contributed by atoms with E-state index < -0.39 is 0 Å². The van der Waals surface area contributed by atoms with E-state index in [0.717, 1.165) is 24.2 Å². The van der Waals surface area contributed by atoms with Crippen molar-refractivity contribution < 1.29 is 9.47 Å². The van der Waals surface area contributed by atoms with Crippen LogP contribution in [0.5, 0.6) is 0 Å². The van der Waals surface area contributed by atoms with E-state index in [0.29, 0.717) is 18.4 Å². The molecule has 0 unspecified atom stereocenters. The van der Waals surface area contributed by atoms with Crippen LogP contribution in [0.1, 0.15) is 17.5 Å². The summed E-state index contributed by atoms with van der Waals surface area (Å²) in [6.45, 7) is 2.03. The van der Waals surface area contributed by atoms with E-state index in [9.17, 15) is 0 Å². The molecule has 1 atom stereocenters. The van der Waals surface area contributed by atoms with Gasteiger partial charge in [0.25, 0.3) is 0 Å². The van der Waals surface area contributed by atoms with Gasteiger partial charge in [-0.25, -0.2) is 4.98 Å². The van der Waals surface area contributed by atoms with E-state index in [-0.39, 0.29) is 5.60 Å². The number of hydrogen-bond acceptors (Lipinski definition) is 3. The van der Waals surface area contributed by atoms with Crippen molar-refractivity contribution >= 4 is 11.6 Å². The fourth-order valence-corrected chi connectivity index (χ4v) is 2.32. The average molecular weight is 212 g/mol. The molecule has 0 saturated carbocycles. The zero-order valence-corrected chi connectivity index (χ0v) is 8.38. The summed E-state index contributed by atoms with van der Waals surface area (Å²) in [6.07, 6.45) is 2.71. The van der Waals surface area contributed by atoms with Gasteiger partial charge in [0.2, 0.25) is 0 Å². The summed E-state index contributed by atoms with van der Waals surface area (Å²) in [5.74, 6) is 0. The first-order valence-corrected chi connectivity index (χ1v) is 5.05. The molecular formula is C10H10ClNO2. The number of pyridine rings is 1. The molecule has 74 valence electrons. The van der Waals surface area contributed by atoms with Gasteiger partial charge in [0.15, 0.2) is 0 Å². The van der Waals surface area contributed by atoms with Crippen molar-refractivity contribution in [2.75, 3.05) is 13.2 Å². The highest BCUT2D eigenvalue weighted by molar-refractivity contribution is 6.29. The first-order chi connectivity index (χ1) is 6.80. The first-order valence-electron chi connectivity index (χ1n) is 4.67. The first kappa shape index (κ1) is 8.65. The van der Waals surface area contributed by atoms with Crippen molar-refractivity contribution in [2.45, 2.75) is 18.6 Å². The lowest BCUT2D eigenvalue weighted by atomic mass is 9.93. The smallest absolute Gasteiger partial charge is 0.129 e. The maximum absolute atomic E-state index is 5.88. The molecule has 0 aromatic carbocycles. The molecule has 1 fully saturated rings. The maximum Gasteiger partial charge on any atom is 0.129 e. The molecule has 1 saturated heterocycles. The summed E-state index contributed by atoms with van der Waals surface area (Å²) in [5.41, 5.74) is 2.07. The molecule has 0 amide bonds. The number of fused-ring (bicyclic) bond motifs is 2. The third-order valence-corrected chi connectivity index (χ3v) is 3.14. The summed E-state index contributed by atoms with van der Waals surface area (Å²) in [5, 5.41) is 0.528. The van der Waals surface area contributed by atoms with Gasteiger partial charge in [0, 0.05) is 24.8 Å². The van der Waals surface area contributed by atoms with Crippen LogP contribution in [-0.2, 0) is 21.7 Å². The van der Waals surface area contributed by atoms with Crippen molar-refractivity contribution in [3.8, 4) is 0 Å². The van der Waals surface area contributed by atoms with Crippen LogP contribution in [0.15, 0.2) is 12.3 Å². The van der Waals surface area contributed by atoms with E-state index in [1.165, 1.54) is 0 Å². The minimum absolute atomic E-state index is 0.234. The van der Waals surface area contributed by atoms with Crippen LogP contribution >= 0.6 is 11.6 Å². The molecule has 1 aromatic heterocycles. The standard InChI is InChI=1S/C10H10ClNO2/c11-9-3-8-7(4-12-9)5-14-10(8)1-2-13-6-10/h3-4H,1-2,5-6H2/t10-/m1/s1. The average Bonchev–Trinajstić information content (AvgIpc) is 2.77. The number of nitrogens with zero attached hydrogens (tertiary/aromatic N) is 1. The predicted octanol–water partition coefficient (Wildman–Crippen LogP) is 1.88. The molecule has 2 aliphatic rings. The van der Waals surface area contributed by atoms with Crippen molar-refractivity contribution in [3.63, 3.8) is 0 Å². The lowest BCUT2D eigenvalue weighted by Gasteiger charge is -2.21. The number of hydrogen-bond donors (Lipinski definition) is 0. The van der Waals surface area contributed by atoms with Crippen LogP contribution in [0, 0.1) is 0 Å². The number of aromatic nitrogens is 1. The molecular weight excluding hydrogens is 202 g/mol. The third kappa shape index (κ3) is 1.10. The second-order valence-corrected chi connectivity index (χ2v) is 4.14. The highest BCUT2D eigenvalue weighted by Gasteiger charge is 2.43. The Morgan fingerprint density at radius 3 is 3.21 bits per heavy atom. The highest BCUT2D eigenvalue weighted by Crippen LogP contribution is 2.42. The minimum Gasteiger partial charge on any atom is -0.378 e. The molecule has 1 spiro atoms. The molecule has 0 radical (unpaired) electrons. The van der Waals surface area contributed by atoms with Gasteiger partial charge in [-0.3, -0.25) is 0 Å². The van der Waals surface area contributed by atoms with Gasteiger partial charge < -0.3 is 9.47 Å². The molecule has 2 aliphatic heterocycles. The van der Waals surface area contributed by atoms with Crippen LogP contribution in [0.3, 0.4) is 0 Å². The second-order valence-electron chi connectivity index (χ2n) is 3.75. The van der Waals surface area contributed by atoms with Gasteiger partial charge in [-0.15, -0.1) is 0 Å². The van der Waals surface area contributed by atoms with E-state index in [2.05, 4.69) is 4.98 Å². The van der Waals surface area contributed by atoms with Gasteiger partial charge in [0.1, 0.15) is 10.8 Å². The Labute approximate surface area is 87.0 Å². The maximum atomic E-state index is 5.88. The van der Waals surface area contributed by atoms with Crippen LogP contribution in [0.2, 0.25) is 5.15 Å². The van der Waals surface area contributed by atoms with Gasteiger partial charge in [-0.05, 0) is 11.6 Å². The van der Waals surface area contributed by atoms with Crippen LogP contribution in [0.25, 0.3) is 0 Å². The van der Waals surface area contributed by atoms with E-state index in [1.54, 1.807) is 6.20 Å². The van der Waals surface area contributed by atoms with Crippen molar-refractivity contribution in [1.29, 1.82) is 0 Å². The fraction of sp³-hybridized carbons (Fsp3) is 0.500. The zero-order chi connectivity index (χ0) is 9.60. The quantitative estimate of drug-likeness (QED) is 0.614. The Morgan fingerprint density at radius 2 is 2.43 bits per heavy atom. The normalized spacial score (nSPS) is 29.8. The van der Waals surface area contributed by atoms with E-state index >= 15 is 0 Å². The molecule has 3 rings (SSSR count). The lowest BCUT2D eigenvalue weighted by Crippen LogP contribution is -2.25. The minimum atomic E-state index is -0.234. The molecule has 14 heavy (non-hydrogen) atoms. The summed E-state index contributed by atoms with van der Waals surface area (Å²) < 4.78 is 11.2. The topological polar surface area (TPSA) is 31.4 Å². The van der Waals surface area contributed by atoms with Crippen LogP contribution in [0.4, 0.5) is 0 Å². The number of rotatable bonds is 0. The SMILES string of the molecule is Clc1cc2c(cn1)CO[C@@]21CCOC1. The Morgan fingerprint density at radius 1 is 1.50 bits per heavy atom. The van der Waals surface area contributed by atoms with Crippen molar-refractivity contribution in [3.05, 3.63) is 28.5 Å². The van der Waals surface area contributed by atoms with Gasteiger partial charge in [-0.1, -0.05) is 11.6 Å². The second kappa shape index (κ2) is 2.92. The molecule has 1 aromatic rings. The summed E-state index contributed by atoms with van der Waals surface area (Å²) in [7, 11) is 0. The predicted molar refractivity (Wildman–Crippen MR) is 51.2 cm³/mol. The lowest BCUT2D eigenvalue weighted by molar-refractivity contribution is -0.0421. The Balaban J connectivity index is 2.12. The summed E-state index contributed by atoms with van der Waals surface area (Å²) in [4.78, 5) is 4.05. The molecule has 4 heteroatoms.